The second-order valence-electron chi connectivity index (χ2n) is 2.39. The van der Waals surface area contributed by atoms with E-state index in [2.05, 4.69) is 0 Å². The molecule has 1 aromatic rings. The van der Waals surface area contributed by atoms with E-state index in [0.717, 1.165) is 4.73 Å². The second kappa shape index (κ2) is 2.62. The summed E-state index contributed by atoms with van der Waals surface area (Å²) in [7, 11) is 0. The van der Waals surface area contributed by atoms with Crippen LogP contribution in [0.3, 0.4) is 0 Å². The molecule has 0 aromatic carbocycles. The van der Waals surface area contributed by atoms with Gasteiger partial charge in [-0.3, -0.25) is 4.79 Å². The average Bonchev–Trinajstić information content (AvgIpc) is 2.17. The van der Waals surface area contributed by atoms with Crippen LogP contribution in [0.15, 0.2) is 0 Å². The third kappa shape index (κ3) is 1.26. The maximum atomic E-state index is 11.1. The standard InChI is InChI=1S/C7H9NO2S/c1-4-7(5(2)9)11-6(3)8(4)10/h1-3H3. The topological polar surface area (TPSA) is 44.0 Å². The summed E-state index contributed by atoms with van der Waals surface area (Å²) in [6.45, 7) is 4.84. The van der Waals surface area contributed by atoms with E-state index in [4.69, 9.17) is 0 Å². The Morgan fingerprint density at radius 2 is 2.09 bits per heavy atom. The molecule has 0 radical (unpaired) electrons. The molecular weight excluding hydrogens is 162 g/mol. The molecule has 0 atom stereocenters. The van der Waals surface area contributed by atoms with Gasteiger partial charge in [-0.1, -0.05) is 11.3 Å². The zero-order valence-corrected chi connectivity index (χ0v) is 7.49. The average molecular weight is 171 g/mol. The quantitative estimate of drug-likeness (QED) is 0.362. The number of aryl methyl sites for hydroxylation is 1. The van der Waals surface area contributed by atoms with Gasteiger partial charge in [0.1, 0.15) is 4.88 Å². The number of nitrogens with zero attached hydrogens (tertiary/aromatic N) is 1. The summed E-state index contributed by atoms with van der Waals surface area (Å²) in [4.78, 5) is 11.5. The second-order valence-corrected chi connectivity index (χ2v) is 3.59. The number of thiazole rings is 1. The summed E-state index contributed by atoms with van der Waals surface area (Å²) in [5.74, 6) is -0.0369. The van der Waals surface area contributed by atoms with E-state index < -0.39 is 0 Å². The maximum Gasteiger partial charge on any atom is 0.246 e. The minimum absolute atomic E-state index is 0.0369. The van der Waals surface area contributed by atoms with Crippen molar-refractivity contribution in [2.24, 2.45) is 0 Å². The minimum atomic E-state index is -0.0369. The van der Waals surface area contributed by atoms with Gasteiger partial charge in [0.15, 0.2) is 5.78 Å². The lowest BCUT2D eigenvalue weighted by atomic mass is 10.3. The number of aromatic nitrogens is 1. The van der Waals surface area contributed by atoms with Gasteiger partial charge in [-0.25, -0.2) is 0 Å². The first-order valence-corrected chi connectivity index (χ1v) is 4.06. The summed E-state index contributed by atoms with van der Waals surface area (Å²) < 4.78 is 0.793. The predicted molar refractivity (Wildman–Crippen MR) is 42.8 cm³/mol. The fourth-order valence-corrected chi connectivity index (χ4v) is 1.81. The van der Waals surface area contributed by atoms with Gasteiger partial charge >= 0.3 is 0 Å². The van der Waals surface area contributed by atoms with E-state index in [9.17, 15) is 10.0 Å². The minimum Gasteiger partial charge on any atom is -0.618 e. The van der Waals surface area contributed by atoms with Crippen LogP contribution in [0.25, 0.3) is 0 Å². The van der Waals surface area contributed by atoms with Gasteiger partial charge in [0.25, 0.3) is 0 Å². The number of hydrogen-bond donors (Lipinski definition) is 0. The summed E-state index contributed by atoms with van der Waals surface area (Å²) in [5.41, 5.74) is 0.514. The molecule has 0 aliphatic carbocycles. The van der Waals surface area contributed by atoms with Gasteiger partial charge in [0.05, 0.1) is 0 Å². The van der Waals surface area contributed by atoms with E-state index in [-0.39, 0.29) is 5.78 Å². The monoisotopic (exact) mass is 171 g/mol. The fraction of sp³-hybridized carbons (Fsp3) is 0.429. The van der Waals surface area contributed by atoms with E-state index in [0.29, 0.717) is 15.6 Å². The van der Waals surface area contributed by atoms with Crippen LogP contribution in [0.2, 0.25) is 0 Å². The van der Waals surface area contributed by atoms with Gasteiger partial charge in [-0.2, -0.15) is 4.73 Å². The highest BCUT2D eigenvalue weighted by Gasteiger charge is 2.18. The molecule has 11 heavy (non-hydrogen) atoms. The van der Waals surface area contributed by atoms with Crippen LogP contribution >= 0.6 is 11.3 Å². The van der Waals surface area contributed by atoms with Crippen LogP contribution in [-0.4, -0.2) is 5.78 Å². The number of ketones is 1. The van der Waals surface area contributed by atoms with Crippen LogP contribution in [0.1, 0.15) is 27.3 Å². The molecule has 0 aliphatic heterocycles. The van der Waals surface area contributed by atoms with Crippen molar-refractivity contribution in [1.82, 2.24) is 0 Å². The summed E-state index contributed by atoms with van der Waals surface area (Å²) in [5, 5.41) is 11.7. The maximum absolute atomic E-state index is 11.1. The fourth-order valence-electron chi connectivity index (χ4n) is 0.918. The molecule has 4 heteroatoms. The number of Topliss-reactive ketones (excluding diaryl/α,β-unsaturated/α-hetero) is 1. The molecule has 0 unspecified atom stereocenters. The Hall–Kier alpha value is -0.900. The number of rotatable bonds is 1. The van der Waals surface area contributed by atoms with Crippen molar-refractivity contribution in [1.29, 1.82) is 0 Å². The Balaban J connectivity index is 3.29. The van der Waals surface area contributed by atoms with Crippen LogP contribution in [0.5, 0.6) is 0 Å². The first kappa shape index (κ1) is 8.20. The van der Waals surface area contributed by atoms with Crippen molar-refractivity contribution < 1.29 is 9.52 Å². The normalized spacial score (nSPS) is 10.1. The molecule has 0 fully saturated rings. The van der Waals surface area contributed by atoms with E-state index >= 15 is 0 Å². The Morgan fingerprint density at radius 1 is 1.55 bits per heavy atom. The van der Waals surface area contributed by atoms with Crippen molar-refractivity contribution in [3.63, 3.8) is 0 Å². The Kier molecular flexibility index (Phi) is 1.95. The lowest BCUT2D eigenvalue weighted by molar-refractivity contribution is -0.613. The van der Waals surface area contributed by atoms with Crippen molar-refractivity contribution in [2.75, 3.05) is 0 Å². The van der Waals surface area contributed by atoms with Crippen molar-refractivity contribution in [3.8, 4) is 0 Å². The van der Waals surface area contributed by atoms with E-state index in [1.54, 1.807) is 13.8 Å². The van der Waals surface area contributed by atoms with Gasteiger partial charge in [0.2, 0.25) is 10.7 Å². The Bertz CT molecular complexity index is 304. The smallest absolute Gasteiger partial charge is 0.246 e. The molecule has 0 aliphatic rings. The zero-order valence-electron chi connectivity index (χ0n) is 6.67. The molecule has 3 nitrogen and oxygen atoms in total. The number of carbonyl (C=O) groups is 1. The van der Waals surface area contributed by atoms with Gasteiger partial charge in [-0.05, 0) is 0 Å². The molecule has 0 saturated carbocycles. The molecule has 0 spiro atoms. The van der Waals surface area contributed by atoms with Crippen molar-refractivity contribution in [2.45, 2.75) is 20.8 Å². The van der Waals surface area contributed by atoms with Gasteiger partial charge in [-0.15, -0.1) is 0 Å². The zero-order chi connectivity index (χ0) is 8.59. The highest BCUT2D eigenvalue weighted by atomic mass is 32.1. The molecule has 1 heterocycles. The highest BCUT2D eigenvalue weighted by molar-refractivity contribution is 7.13. The molecule has 1 aromatic heterocycles. The highest BCUT2D eigenvalue weighted by Crippen LogP contribution is 2.15. The molecular formula is C7H9NO2S. The first-order valence-electron chi connectivity index (χ1n) is 3.24. The van der Waals surface area contributed by atoms with Crippen LogP contribution in [0.4, 0.5) is 0 Å². The van der Waals surface area contributed by atoms with Crippen LogP contribution in [-0.2, 0) is 0 Å². The largest absolute Gasteiger partial charge is 0.618 e. The molecule has 0 amide bonds. The summed E-state index contributed by atoms with van der Waals surface area (Å²) in [6, 6.07) is 0. The number of hydrogen-bond acceptors (Lipinski definition) is 3. The van der Waals surface area contributed by atoms with E-state index in [1.165, 1.54) is 18.3 Å². The number of carbonyl (C=O) groups excluding carboxylic acids is 1. The van der Waals surface area contributed by atoms with Crippen molar-refractivity contribution >= 4 is 17.1 Å². The lowest BCUT2D eigenvalue weighted by Gasteiger charge is -1.93. The third-order valence-electron chi connectivity index (χ3n) is 1.49. The van der Waals surface area contributed by atoms with Crippen molar-refractivity contribution in [3.05, 3.63) is 20.8 Å². The predicted octanol–water partition coefficient (Wildman–Crippen LogP) is 1.20. The molecule has 0 saturated heterocycles. The Morgan fingerprint density at radius 3 is 2.27 bits per heavy atom. The summed E-state index contributed by atoms with van der Waals surface area (Å²) >= 11 is 1.25. The molecule has 1 rings (SSSR count). The SMILES string of the molecule is CC(=O)c1sc(C)[n+]([O-])c1C. The summed E-state index contributed by atoms with van der Waals surface area (Å²) in [6.07, 6.45) is 0. The Labute approximate surface area is 68.9 Å². The lowest BCUT2D eigenvalue weighted by Crippen LogP contribution is -2.30. The first-order chi connectivity index (χ1) is 5.04. The van der Waals surface area contributed by atoms with Crippen LogP contribution in [0, 0.1) is 19.1 Å². The van der Waals surface area contributed by atoms with Crippen LogP contribution < -0.4 is 4.73 Å². The third-order valence-corrected chi connectivity index (χ3v) is 2.74. The van der Waals surface area contributed by atoms with Gasteiger partial charge < -0.3 is 5.21 Å². The molecule has 60 valence electrons. The molecule has 0 N–H and O–H groups in total. The van der Waals surface area contributed by atoms with E-state index in [1.807, 2.05) is 0 Å². The molecule has 0 bridgehead atoms. The van der Waals surface area contributed by atoms with Gasteiger partial charge in [0, 0.05) is 20.8 Å².